The van der Waals surface area contributed by atoms with Crippen molar-refractivity contribution >= 4 is 23.6 Å². The van der Waals surface area contributed by atoms with Gasteiger partial charge in [-0.3, -0.25) is 0 Å². The Labute approximate surface area is 142 Å². The lowest BCUT2D eigenvalue weighted by Gasteiger charge is -2.37. The van der Waals surface area contributed by atoms with Crippen molar-refractivity contribution in [3.63, 3.8) is 0 Å². The molecule has 2 aromatic carbocycles. The van der Waals surface area contributed by atoms with Gasteiger partial charge in [0.25, 0.3) is 0 Å². The lowest BCUT2D eigenvalue weighted by molar-refractivity contribution is 0.338. The number of nitrogens with one attached hydrogen (secondary N) is 1. The molecule has 0 saturated carbocycles. The molecule has 1 aliphatic heterocycles. The fourth-order valence-electron chi connectivity index (χ4n) is 3.05. The number of hydrogen-bond donors (Lipinski definition) is 1. The third kappa shape index (κ3) is 3.40. The van der Waals surface area contributed by atoms with E-state index in [0.29, 0.717) is 0 Å². The topological polar surface area (TPSA) is 27.6 Å². The molecule has 4 heteroatoms. The van der Waals surface area contributed by atoms with Crippen molar-refractivity contribution in [3.05, 3.63) is 77.5 Å². The summed E-state index contributed by atoms with van der Waals surface area (Å²) >= 11 is 6.01. The first kappa shape index (κ1) is 15.6. The van der Waals surface area contributed by atoms with Gasteiger partial charge in [-0.05, 0) is 35.7 Å². The number of benzene rings is 2. The minimum Gasteiger partial charge on any atom is -0.378 e. The number of halogens is 1. The van der Waals surface area contributed by atoms with Gasteiger partial charge in [-0.1, -0.05) is 48.5 Å². The van der Waals surface area contributed by atoms with Gasteiger partial charge in [-0.25, -0.2) is 4.99 Å². The van der Waals surface area contributed by atoms with Crippen LogP contribution >= 0.6 is 11.6 Å². The van der Waals surface area contributed by atoms with Gasteiger partial charge in [0.15, 0.2) is 0 Å². The van der Waals surface area contributed by atoms with Gasteiger partial charge in [0.2, 0.25) is 0 Å². The van der Waals surface area contributed by atoms with E-state index in [4.69, 9.17) is 11.6 Å². The highest BCUT2D eigenvalue weighted by molar-refractivity contribution is 6.30. The second-order valence-corrected chi connectivity index (χ2v) is 6.14. The summed E-state index contributed by atoms with van der Waals surface area (Å²) in [6, 6.07) is 17.0. The van der Waals surface area contributed by atoms with Crippen LogP contribution in [0.3, 0.4) is 0 Å². The number of anilines is 1. The summed E-state index contributed by atoms with van der Waals surface area (Å²) in [5.74, 6) is 0. The molecule has 0 aromatic heterocycles. The highest BCUT2D eigenvalue weighted by Crippen LogP contribution is 2.41. The van der Waals surface area contributed by atoms with Crippen LogP contribution in [-0.2, 0) is 0 Å². The molecule has 1 N–H and O–H groups in total. The predicted octanol–water partition coefficient (Wildman–Crippen LogP) is 5.04. The number of hydrogen-bond acceptors (Lipinski definition) is 2. The van der Waals surface area contributed by atoms with Crippen molar-refractivity contribution in [1.82, 2.24) is 4.90 Å². The fourth-order valence-corrected chi connectivity index (χ4v) is 3.17. The lowest BCUT2D eigenvalue weighted by Crippen LogP contribution is -2.31. The van der Waals surface area contributed by atoms with Crippen molar-refractivity contribution in [1.29, 1.82) is 0 Å². The maximum absolute atomic E-state index is 6.01. The molecule has 3 nitrogen and oxygen atoms in total. The van der Waals surface area contributed by atoms with Gasteiger partial charge >= 0.3 is 0 Å². The number of nitrogens with zero attached hydrogens (tertiary/aromatic N) is 2. The van der Waals surface area contributed by atoms with Crippen LogP contribution in [0.4, 0.5) is 5.69 Å². The summed E-state index contributed by atoms with van der Waals surface area (Å²) in [6.07, 6.45) is 4.34. The molecule has 2 unspecified atom stereocenters. The molecule has 0 spiro atoms. The Morgan fingerprint density at radius 1 is 1.22 bits per heavy atom. The summed E-state index contributed by atoms with van der Waals surface area (Å²) in [5.41, 5.74) is 3.70. The van der Waals surface area contributed by atoms with Gasteiger partial charge in [0.05, 0.1) is 18.4 Å². The zero-order valence-electron chi connectivity index (χ0n) is 13.1. The molecule has 0 fully saturated rings. The standard InChI is InChI=1S/C19H20ClN3/c1-3-21-13-23(2)19-12-18(14-8-10-15(20)11-9-14)22-17-7-5-4-6-16(17)19/h3-11,13,18-19,22H,1,12H2,2H3. The van der Waals surface area contributed by atoms with Gasteiger partial charge in [-0.2, -0.15) is 0 Å². The Hall–Kier alpha value is -2.26. The van der Waals surface area contributed by atoms with Gasteiger partial charge in [-0.15, -0.1) is 0 Å². The molecule has 0 radical (unpaired) electrons. The maximum Gasteiger partial charge on any atom is 0.0907 e. The minimum atomic E-state index is 0.242. The van der Waals surface area contributed by atoms with Gasteiger partial charge in [0.1, 0.15) is 0 Å². The number of aliphatic imine (C=N–C) groups is 1. The molecule has 1 heterocycles. The summed E-state index contributed by atoms with van der Waals surface area (Å²) in [4.78, 5) is 6.30. The molecule has 0 aliphatic carbocycles. The Morgan fingerprint density at radius 2 is 1.96 bits per heavy atom. The van der Waals surface area contributed by atoms with Crippen LogP contribution in [0.25, 0.3) is 0 Å². The first-order valence-corrected chi connectivity index (χ1v) is 8.04. The molecule has 0 saturated heterocycles. The fraction of sp³-hybridized carbons (Fsp3) is 0.211. The third-order valence-electron chi connectivity index (χ3n) is 4.23. The first-order valence-electron chi connectivity index (χ1n) is 7.66. The van der Waals surface area contributed by atoms with E-state index in [1.807, 2.05) is 18.5 Å². The maximum atomic E-state index is 6.01. The van der Waals surface area contributed by atoms with E-state index in [1.165, 1.54) is 16.8 Å². The average molecular weight is 326 g/mol. The normalized spacial score (nSPS) is 19.9. The van der Waals surface area contributed by atoms with Crippen LogP contribution in [0.15, 0.2) is 66.3 Å². The molecule has 2 aromatic rings. The monoisotopic (exact) mass is 325 g/mol. The Balaban J connectivity index is 1.94. The summed E-state index contributed by atoms with van der Waals surface area (Å²) in [6.45, 7) is 3.64. The quantitative estimate of drug-likeness (QED) is 0.630. The van der Waals surface area contributed by atoms with E-state index < -0.39 is 0 Å². The van der Waals surface area contributed by atoms with Gasteiger partial charge < -0.3 is 10.2 Å². The molecule has 0 bridgehead atoms. The largest absolute Gasteiger partial charge is 0.378 e. The van der Waals surface area contributed by atoms with E-state index >= 15 is 0 Å². The van der Waals surface area contributed by atoms with Crippen LogP contribution in [0.2, 0.25) is 5.02 Å². The summed E-state index contributed by atoms with van der Waals surface area (Å²) in [5, 5.41) is 4.40. The van der Waals surface area contributed by atoms with Crippen molar-refractivity contribution in [3.8, 4) is 0 Å². The van der Waals surface area contributed by atoms with E-state index in [-0.39, 0.29) is 12.1 Å². The summed E-state index contributed by atoms with van der Waals surface area (Å²) in [7, 11) is 2.05. The number of para-hydroxylation sites is 1. The average Bonchev–Trinajstić information content (AvgIpc) is 2.59. The number of rotatable bonds is 4. The van der Waals surface area contributed by atoms with Crippen molar-refractivity contribution in [2.45, 2.75) is 18.5 Å². The van der Waals surface area contributed by atoms with E-state index in [0.717, 1.165) is 11.4 Å². The third-order valence-corrected chi connectivity index (χ3v) is 4.48. The zero-order chi connectivity index (χ0) is 16.2. The zero-order valence-corrected chi connectivity index (χ0v) is 13.9. The molecule has 0 amide bonds. The van der Waals surface area contributed by atoms with E-state index in [9.17, 15) is 0 Å². The van der Waals surface area contributed by atoms with Crippen molar-refractivity contribution in [2.75, 3.05) is 12.4 Å². The Morgan fingerprint density at radius 3 is 2.70 bits per heavy atom. The second-order valence-electron chi connectivity index (χ2n) is 5.70. The van der Waals surface area contributed by atoms with Crippen molar-refractivity contribution < 1.29 is 0 Å². The summed E-state index contributed by atoms with van der Waals surface area (Å²) < 4.78 is 0. The first-order chi connectivity index (χ1) is 11.2. The van der Waals surface area contributed by atoms with Crippen LogP contribution in [0, 0.1) is 0 Å². The van der Waals surface area contributed by atoms with E-state index in [2.05, 4.69) is 65.2 Å². The van der Waals surface area contributed by atoms with Gasteiger partial charge in [0, 0.05) is 24.0 Å². The molecular weight excluding hydrogens is 306 g/mol. The second kappa shape index (κ2) is 6.88. The molecule has 3 rings (SSSR count). The highest BCUT2D eigenvalue weighted by atomic mass is 35.5. The van der Waals surface area contributed by atoms with Crippen LogP contribution in [0.1, 0.15) is 29.6 Å². The number of fused-ring (bicyclic) bond motifs is 1. The lowest BCUT2D eigenvalue weighted by atomic mass is 9.89. The molecule has 118 valence electrons. The molecule has 2 atom stereocenters. The molecule has 1 aliphatic rings. The van der Waals surface area contributed by atoms with Crippen LogP contribution in [0.5, 0.6) is 0 Å². The Kier molecular flexibility index (Phi) is 4.68. The minimum absolute atomic E-state index is 0.242. The predicted molar refractivity (Wildman–Crippen MR) is 98.1 cm³/mol. The SMILES string of the molecule is C=CN=CN(C)C1CC(c2ccc(Cl)cc2)Nc2ccccc21. The highest BCUT2D eigenvalue weighted by Gasteiger charge is 2.29. The van der Waals surface area contributed by atoms with Crippen LogP contribution < -0.4 is 5.32 Å². The Bertz CT molecular complexity index is 709. The van der Waals surface area contributed by atoms with E-state index in [1.54, 1.807) is 6.20 Å². The molecular formula is C19H20ClN3. The molecule has 23 heavy (non-hydrogen) atoms. The van der Waals surface area contributed by atoms with Crippen molar-refractivity contribution in [2.24, 2.45) is 4.99 Å². The smallest absolute Gasteiger partial charge is 0.0907 e. The van der Waals surface area contributed by atoms with Crippen LogP contribution in [-0.4, -0.2) is 18.3 Å².